The van der Waals surface area contributed by atoms with E-state index < -0.39 is 0 Å². The van der Waals surface area contributed by atoms with Crippen LogP contribution in [0.1, 0.15) is 59.1 Å². The lowest BCUT2D eigenvalue weighted by Gasteiger charge is -2.40. The third kappa shape index (κ3) is 2.99. The van der Waals surface area contributed by atoms with Crippen LogP contribution < -0.4 is 4.90 Å². The highest BCUT2D eigenvalue weighted by atomic mass is 16.2. The zero-order chi connectivity index (χ0) is 14.8. The van der Waals surface area contributed by atoms with E-state index in [1.807, 2.05) is 18.7 Å². The number of fused-ring (bicyclic) bond motifs is 1. The maximum atomic E-state index is 12.2. The number of nitrogens with zero attached hydrogens (tertiary/aromatic N) is 1. The topological polar surface area (TPSA) is 20.3 Å². The Bertz CT molecular complexity index is 460. The molecule has 2 rings (SSSR count). The van der Waals surface area contributed by atoms with Gasteiger partial charge in [-0.1, -0.05) is 45.4 Å². The molecule has 1 amide bonds. The van der Waals surface area contributed by atoms with Crippen molar-refractivity contribution in [1.82, 2.24) is 0 Å². The molecule has 0 saturated heterocycles. The minimum Gasteiger partial charge on any atom is -0.310 e. The van der Waals surface area contributed by atoms with E-state index >= 15 is 0 Å². The van der Waals surface area contributed by atoms with E-state index in [4.69, 9.17) is 0 Å². The third-order valence-electron chi connectivity index (χ3n) is 3.52. The molecule has 0 saturated carbocycles. The molecule has 0 radical (unpaired) electrons. The summed E-state index contributed by atoms with van der Waals surface area (Å²) >= 11 is 0. The van der Waals surface area contributed by atoms with Gasteiger partial charge in [-0.25, -0.2) is 0 Å². The fourth-order valence-corrected chi connectivity index (χ4v) is 2.66. The normalized spacial score (nSPS) is 16.8. The highest BCUT2D eigenvalue weighted by molar-refractivity contribution is 5.98. The SMILES string of the molecule is CC.Cc1ccc2c(c1)C(C)(C)CC(=O)N2C(C)C. The Morgan fingerprint density at radius 1 is 1.21 bits per heavy atom. The molecule has 0 atom stereocenters. The Balaban J connectivity index is 0.000000861. The molecule has 0 bridgehead atoms. The Labute approximate surface area is 117 Å². The number of carbonyl (C=O) groups is 1. The molecule has 1 aliphatic heterocycles. The van der Waals surface area contributed by atoms with Crippen LogP contribution in [0, 0.1) is 6.92 Å². The van der Waals surface area contributed by atoms with Crippen molar-refractivity contribution in [2.45, 2.75) is 66.3 Å². The Hall–Kier alpha value is -1.31. The van der Waals surface area contributed by atoms with E-state index in [0.717, 1.165) is 5.69 Å². The summed E-state index contributed by atoms with van der Waals surface area (Å²) in [5.41, 5.74) is 3.59. The van der Waals surface area contributed by atoms with E-state index in [1.54, 1.807) is 0 Å². The lowest BCUT2D eigenvalue weighted by atomic mass is 9.76. The number of benzene rings is 1. The summed E-state index contributed by atoms with van der Waals surface area (Å²) in [4.78, 5) is 14.2. The van der Waals surface area contributed by atoms with Crippen LogP contribution in [0.15, 0.2) is 18.2 Å². The van der Waals surface area contributed by atoms with E-state index in [-0.39, 0.29) is 17.4 Å². The maximum Gasteiger partial charge on any atom is 0.228 e. The molecule has 2 heteroatoms. The Morgan fingerprint density at radius 3 is 2.32 bits per heavy atom. The molecule has 106 valence electrons. The number of hydrogen-bond acceptors (Lipinski definition) is 1. The molecule has 2 nitrogen and oxygen atoms in total. The van der Waals surface area contributed by atoms with Crippen molar-refractivity contribution in [2.75, 3.05) is 4.90 Å². The molecule has 19 heavy (non-hydrogen) atoms. The minimum absolute atomic E-state index is 0.0518. The van der Waals surface area contributed by atoms with Crippen LogP contribution in [0.3, 0.4) is 0 Å². The highest BCUT2D eigenvalue weighted by Gasteiger charge is 2.37. The van der Waals surface area contributed by atoms with Gasteiger partial charge in [0.25, 0.3) is 0 Å². The summed E-state index contributed by atoms with van der Waals surface area (Å²) in [6, 6.07) is 6.61. The molecule has 0 aliphatic carbocycles. The summed E-state index contributed by atoms with van der Waals surface area (Å²) in [6.45, 7) is 14.5. The van der Waals surface area contributed by atoms with Gasteiger partial charge >= 0.3 is 0 Å². The monoisotopic (exact) mass is 261 g/mol. The van der Waals surface area contributed by atoms with Gasteiger partial charge in [-0.3, -0.25) is 4.79 Å². The van der Waals surface area contributed by atoms with Crippen LogP contribution in [0.5, 0.6) is 0 Å². The molecule has 1 aromatic carbocycles. The highest BCUT2D eigenvalue weighted by Crippen LogP contribution is 2.41. The Morgan fingerprint density at radius 2 is 1.79 bits per heavy atom. The molecule has 0 spiro atoms. The number of aryl methyl sites for hydroxylation is 1. The summed E-state index contributed by atoms with van der Waals surface area (Å²) in [6.07, 6.45) is 0.599. The fraction of sp³-hybridized carbons (Fsp3) is 0.588. The summed E-state index contributed by atoms with van der Waals surface area (Å²) in [5, 5.41) is 0. The first-order valence-corrected chi connectivity index (χ1v) is 7.26. The molecule has 0 fully saturated rings. The van der Waals surface area contributed by atoms with Gasteiger partial charge in [0.15, 0.2) is 0 Å². The minimum atomic E-state index is -0.0518. The van der Waals surface area contributed by atoms with Crippen molar-refractivity contribution in [2.24, 2.45) is 0 Å². The van der Waals surface area contributed by atoms with Crippen molar-refractivity contribution >= 4 is 11.6 Å². The predicted octanol–water partition coefficient (Wildman–Crippen LogP) is 4.44. The van der Waals surface area contributed by atoms with Gasteiger partial charge in [-0.05, 0) is 32.4 Å². The summed E-state index contributed by atoms with van der Waals surface area (Å²) in [7, 11) is 0. The molecular weight excluding hydrogens is 234 g/mol. The van der Waals surface area contributed by atoms with E-state index in [9.17, 15) is 4.79 Å². The van der Waals surface area contributed by atoms with Gasteiger partial charge in [0.2, 0.25) is 5.91 Å². The van der Waals surface area contributed by atoms with E-state index in [2.05, 4.69) is 52.8 Å². The smallest absolute Gasteiger partial charge is 0.228 e. The first kappa shape index (κ1) is 15.7. The molecule has 0 aromatic heterocycles. The molecule has 0 unspecified atom stereocenters. The van der Waals surface area contributed by atoms with Crippen LogP contribution in [-0.4, -0.2) is 11.9 Å². The predicted molar refractivity (Wildman–Crippen MR) is 82.8 cm³/mol. The van der Waals surface area contributed by atoms with Crippen molar-refractivity contribution in [3.63, 3.8) is 0 Å². The van der Waals surface area contributed by atoms with Crippen LogP contribution >= 0.6 is 0 Å². The van der Waals surface area contributed by atoms with Gasteiger partial charge < -0.3 is 4.90 Å². The quantitative estimate of drug-likeness (QED) is 0.731. The van der Waals surface area contributed by atoms with Crippen LogP contribution in [0.4, 0.5) is 5.69 Å². The average molecular weight is 261 g/mol. The zero-order valence-corrected chi connectivity index (χ0v) is 13.4. The van der Waals surface area contributed by atoms with E-state index in [0.29, 0.717) is 6.42 Å². The van der Waals surface area contributed by atoms with Gasteiger partial charge in [-0.15, -0.1) is 0 Å². The second kappa shape index (κ2) is 5.77. The molecule has 1 heterocycles. The zero-order valence-electron chi connectivity index (χ0n) is 13.4. The molecular formula is C17H27NO. The average Bonchev–Trinajstić information content (AvgIpc) is 2.31. The largest absolute Gasteiger partial charge is 0.310 e. The van der Waals surface area contributed by atoms with Crippen LogP contribution in [0.25, 0.3) is 0 Å². The van der Waals surface area contributed by atoms with Crippen molar-refractivity contribution < 1.29 is 4.79 Å². The van der Waals surface area contributed by atoms with Gasteiger partial charge in [-0.2, -0.15) is 0 Å². The third-order valence-corrected chi connectivity index (χ3v) is 3.52. The molecule has 0 N–H and O–H groups in total. The second-order valence-corrected chi connectivity index (χ2v) is 5.94. The molecule has 1 aliphatic rings. The van der Waals surface area contributed by atoms with E-state index in [1.165, 1.54) is 11.1 Å². The lowest BCUT2D eigenvalue weighted by Crippen LogP contribution is -2.45. The number of anilines is 1. The summed E-state index contributed by atoms with van der Waals surface area (Å²) < 4.78 is 0. The molecule has 1 aromatic rings. The van der Waals surface area contributed by atoms with Gasteiger partial charge in [0.05, 0.1) is 0 Å². The van der Waals surface area contributed by atoms with Gasteiger partial charge in [0.1, 0.15) is 0 Å². The summed E-state index contributed by atoms with van der Waals surface area (Å²) in [5.74, 6) is 0.237. The number of hydrogen-bond donors (Lipinski definition) is 0. The number of amides is 1. The maximum absolute atomic E-state index is 12.2. The van der Waals surface area contributed by atoms with Crippen molar-refractivity contribution in [3.05, 3.63) is 29.3 Å². The van der Waals surface area contributed by atoms with Crippen molar-refractivity contribution in [1.29, 1.82) is 0 Å². The number of rotatable bonds is 1. The van der Waals surface area contributed by atoms with Gasteiger partial charge in [0, 0.05) is 23.6 Å². The first-order chi connectivity index (χ1) is 8.83. The van der Waals surface area contributed by atoms with Crippen LogP contribution in [0.2, 0.25) is 0 Å². The number of carbonyl (C=O) groups excluding carboxylic acids is 1. The standard InChI is InChI=1S/C15H21NO.C2H6/c1-10(2)16-13-7-6-11(3)8-12(13)15(4,5)9-14(16)17;1-2/h6-8,10H,9H2,1-5H3;1-2H3. The Kier molecular flexibility index (Phi) is 4.78. The lowest BCUT2D eigenvalue weighted by molar-refractivity contribution is -0.120. The van der Waals surface area contributed by atoms with Crippen LogP contribution in [-0.2, 0) is 10.2 Å². The van der Waals surface area contributed by atoms with Crippen molar-refractivity contribution in [3.8, 4) is 0 Å². The fourth-order valence-electron chi connectivity index (χ4n) is 2.66. The second-order valence-electron chi connectivity index (χ2n) is 5.94. The first-order valence-electron chi connectivity index (χ1n) is 7.26.